The van der Waals surface area contributed by atoms with E-state index in [9.17, 15) is 20.1 Å². The van der Waals surface area contributed by atoms with Crippen molar-refractivity contribution in [2.24, 2.45) is 10.8 Å². The number of ketones is 1. The number of aliphatic hydroxyl groups excluding tert-OH is 3. The van der Waals surface area contributed by atoms with Gasteiger partial charge in [0.05, 0.1) is 30.8 Å². The van der Waals surface area contributed by atoms with Gasteiger partial charge in [-0.25, -0.2) is 0 Å². The summed E-state index contributed by atoms with van der Waals surface area (Å²) in [5.74, 6) is -0.388. The van der Waals surface area contributed by atoms with E-state index in [4.69, 9.17) is 9.47 Å². The van der Waals surface area contributed by atoms with Gasteiger partial charge in [-0.2, -0.15) is 0 Å². The van der Waals surface area contributed by atoms with Crippen molar-refractivity contribution in [3.8, 4) is 0 Å². The molecule has 2 heterocycles. The van der Waals surface area contributed by atoms with Crippen LogP contribution < -0.4 is 0 Å². The average molecular weight is 296 g/mol. The summed E-state index contributed by atoms with van der Waals surface area (Å²) in [6.45, 7) is 3.55. The van der Waals surface area contributed by atoms with E-state index in [1.165, 1.54) is 0 Å². The van der Waals surface area contributed by atoms with Crippen LogP contribution in [0.2, 0.25) is 0 Å². The Morgan fingerprint density at radius 3 is 2.67 bits per heavy atom. The van der Waals surface area contributed by atoms with Crippen LogP contribution >= 0.6 is 0 Å². The summed E-state index contributed by atoms with van der Waals surface area (Å²) in [4.78, 5) is 12.3. The molecule has 0 aromatic heterocycles. The Hall–Kier alpha value is -0.790. The first-order valence-electron chi connectivity index (χ1n) is 7.33. The van der Waals surface area contributed by atoms with Crippen LogP contribution in [0.15, 0.2) is 11.6 Å². The highest BCUT2D eigenvalue weighted by Crippen LogP contribution is 2.70. The zero-order valence-corrected chi connectivity index (χ0v) is 12.1. The second-order valence-electron chi connectivity index (χ2n) is 7.07. The summed E-state index contributed by atoms with van der Waals surface area (Å²) in [5.41, 5.74) is -2.16. The van der Waals surface area contributed by atoms with E-state index in [0.717, 1.165) is 0 Å². The van der Waals surface area contributed by atoms with E-state index in [1.54, 1.807) is 13.0 Å². The Balaban J connectivity index is 1.95. The Morgan fingerprint density at radius 1 is 1.43 bits per heavy atom. The highest BCUT2D eigenvalue weighted by Gasteiger charge is 2.83. The number of ether oxygens (including phenoxy) is 2. The maximum Gasteiger partial charge on any atom is 0.187 e. The monoisotopic (exact) mass is 296 g/mol. The quantitative estimate of drug-likeness (QED) is 0.546. The minimum absolute atomic E-state index is 0.339. The predicted octanol–water partition coefficient (Wildman–Crippen LogP) is -0.838. The van der Waals surface area contributed by atoms with E-state index in [-0.39, 0.29) is 5.78 Å². The van der Waals surface area contributed by atoms with Gasteiger partial charge in [0.2, 0.25) is 0 Å². The first-order valence-corrected chi connectivity index (χ1v) is 7.33. The molecule has 2 unspecified atom stereocenters. The van der Waals surface area contributed by atoms with E-state index < -0.39 is 47.5 Å². The van der Waals surface area contributed by atoms with Crippen molar-refractivity contribution < 1.29 is 29.6 Å². The van der Waals surface area contributed by atoms with Gasteiger partial charge in [-0.05, 0) is 25.0 Å². The van der Waals surface area contributed by atoms with Crippen LogP contribution in [0.5, 0.6) is 0 Å². The van der Waals surface area contributed by atoms with Crippen molar-refractivity contribution >= 4 is 5.78 Å². The number of rotatable bonds is 1. The molecule has 2 saturated heterocycles. The number of carbonyl (C=O) groups excluding carboxylic acids is 1. The average Bonchev–Trinajstić information content (AvgIpc) is 3.20. The fraction of sp³-hybridized carbons (Fsp3) is 0.800. The molecule has 1 spiro atoms. The van der Waals surface area contributed by atoms with Crippen molar-refractivity contribution in [1.82, 2.24) is 0 Å². The summed E-state index contributed by atoms with van der Waals surface area (Å²) in [7, 11) is 0. The summed E-state index contributed by atoms with van der Waals surface area (Å²) >= 11 is 0. The normalized spacial score (nSPS) is 58.1. The van der Waals surface area contributed by atoms with Crippen molar-refractivity contribution in [1.29, 1.82) is 0 Å². The standard InChI is InChI=1S/C15H20O6/c1-7-3-9-14(5-16,11(19)10(7)18)13(2)4-8(17)12(21-9)15(13)6-20-15/h3,8-9,11-12,16-17,19H,4-6H2,1-2H3/t8?,9-,11?,12-,13-,14-,15+/m1/s1. The van der Waals surface area contributed by atoms with Gasteiger partial charge in [0.25, 0.3) is 0 Å². The molecular weight excluding hydrogens is 276 g/mol. The lowest BCUT2D eigenvalue weighted by Crippen LogP contribution is -2.70. The zero-order valence-electron chi connectivity index (χ0n) is 12.1. The van der Waals surface area contributed by atoms with Crippen molar-refractivity contribution in [3.05, 3.63) is 11.6 Å². The van der Waals surface area contributed by atoms with Gasteiger partial charge < -0.3 is 24.8 Å². The molecule has 1 saturated carbocycles. The zero-order chi connectivity index (χ0) is 15.2. The number of aliphatic hydroxyl groups is 3. The highest BCUT2D eigenvalue weighted by atomic mass is 16.6. The van der Waals surface area contributed by atoms with Crippen LogP contribution in [0.4, 0.5) is 0 Å². The van der Waals surface area contributed by atoms with Crippen LogP contribution in [-0.4, -0.2) is 64.3 Å². The fourth-order valence-electron chi connectivity index (χ4n) is 5.02. The first-order chi connectivity index (χ1) is 9.84. The molecule has 2 aliphatic heterocycles. The molecule has 4 aliphatic rings. The van der Waals surface area contributed by atoms with E-state index >= 15 is 0 Å². The number of hydrogen-bond acceptors (Lipinski definition) is 6. The van der Waals surface area contributed by atoms with Gasteiger partial charge in [0.15, 0.2) is 5.78 Å². The molecule has 4 rings (SSSR count). The number of carbonyl (C=O) groups is 1. The predicted molar refractivity (Wildman–Crippen MR) is 70.4 cm³/mol. The maximum atomic E-state index is 12.3. The molecule has 2 bridgehead atoms. The minimum atomic E-state index is -1.35. The lowest BCUT2D eigenvalue weighted by Gasteiger charge is -2.58. The molecular formula is C15H20O6. The van der Waals surface area contributed by atoms with Gasteiger partial charge in [-0.3, -0.25) is 4.79 Å². The van der Waals surface area contributed by atoms with Crippen LogP contribution in [0.3, 0.4) is 0 Å². The van der Waals surface area contributed by atoms with Crippen molar-refractivity contribution in [3.63, 3.8) is 0 Å². The van der Waals surface area contributed by atoms with Crippen LogP contribution in [0.25, 0.3) is 0 Å². The lowest BCUT2D eigenvalue weighted by atomic mass is 9.50. The topological polar surface area (TPSA) is 99.5 Å². The molecule has 0 aromatic carbocycles. The largest absolute Gasteiger partial charge is 0.396 e. The maximum absolute atomic E-state index is 12.3. The van der Waals surface area contributed by atoms with Crippen LogP contribution in [0, 0.1) is 10.8 Å². The van der Waals surface area contributed by atoms with E-state index in [2.05, 4.69) is 0 Å². The van der Waals surface area contributed by atoms with E-state index in [0.29, 0.717) is 18.6 Å². The molecule has 116 valence electrons. The van der Waals surface area contributed by atoms with Crippen LogP contribution in [0.1, 0.15) is 20.3 Å². The highest BCUT2D eigenvalue weighted by molar-refractivity contribution is 6.00. The molecule has 2 aliphatic carbocycles. The Labute approximate surface area is 122 Å². The van der Waals surface area contributed by atoms with Crippen molar-refractivity contribution in [2.45, 2.75) is 50.3 Å². The SMILES string of the molecule is CC1=C[C@H]2O[C@@H]3C(O)C[C@@](C)([C@]34CO4)[C@@]2(CO)C(O)C1=O. The summed E-state index contributed by atoms with van der Waals surface area (Å²) in [6.07, 6.45) is -1.14. The number of Topliss-reactive ketones (excluding diaryl/α,β-unsaturated/α-hetero) is 1. The number of hydrogen-bond donors (Lipinski definition) is 3. The summed E-state index contributed by atoms with van der Waals surface area (Å²) in [6, 6.07) is 0. The third kappa shape index (κ3) is 1.22. The van der Waals surface area contributed by atoms with Crippen molar-refractivity contribution in [2.75, 3.05) is 13.2 Å². The molecule has 0 amide bonds. The molecule has 6 heteroatoms. The fourth-order valence-corrected chi connectivity index (χ4v) is 5.02. The molecule has 0 radical (unpaired) electrons. The Morgan fingerprint density at radius 2 is 2.10 bits per heavy atom. The molecule has 6 nitrogen and oxygen atoms in total. The second-order valence-corrected chi connectivity index (χ2v) is 7.07. The molecule has 3 fully saturated rings. The van der Waals surface area contributed by atoms with Crippen LogP contribution in [-0.2, 0) is 14.3 Å². The Bertz CT molecular complexity index is 552. The third-order valence-corrected chi connectivity index (χ3v) is 6.43. The first kappa shape index (κ1) is 13.8. The number of fused-ring (bicyclic) bond motifs is 2. The summed E-state index contributed by atoms with van der Waals surface area (Å²) < 4.78 is 11.6. The lowest BCUT2D eigenvalue weighted by molar-refractivity contribution is -0.244. The van der Waals surface area contributed by atoms with Gasteiger partial charge in [-0.1, -0.05) is 6.92 Å². The number of epoxide rings is 1. The molecule has 3 N–H and O–H groups in total. The molecule has 0 aromatic rings. The molecule has 7 atom stereocenters. The minimum Gasteiger partial charge on any atom is -0.396 e. The second kappa shape index (κ2) is 3.75. The van der Waals surface area contributed by atoms with Gasteiger partial charge in [0, 0.05) is 5.41 Å². The Kier molecular flexibility index (Phi) is 2.47. The third-order valence-electron chi connectivity index (χ3n) is 6.43. The smallest absolute Gasteiger partial charge is 0.187 e. The summed E-state index contributed by atoms with van der Waals surface area (Å²) in [5, 5.41) is 31.1. The van der Waals surface area contributed by atoms with E-state index in [1.807, 2.05) is 6.92 Å². The van der Waals surface area contributed by atoms with Gasteiger partial charge >= 0.3 is 0 Å². The van der Waals surface area contributed by atoms with Gasteiger partial charge in [-0.15, -0.1) is 0 Å². The van der Waals surface area contributed by atoms with Gasteiger partial charge in [0.1, 0.15) is 17.8 Å². The molecule has 21 heavy (non-hydrogen) atoms.